The second-order valence-electron chi connectivity index (χ2n) is 4.75. The van der Waals surface area contributed by atoms with Gasteiger partial charge in [0.15, 0.2) is 0 Å². The van der Waals surface area contributed by atoms with Gasteiger partial charge in [0.1, 0.15) is 0 Å². The van der Waals surface area contributed by atoms with Crippen LogP contribution in [0.2, 0.25) is 0 Å². The summed E-state index contributed by atoms with van der Waals surface area (Å²) < 4.78 is 37.6. The van der Waals surface area contributed by atoms with Crippen molar-refractivity contribution in [3.05, 3.63) is 34.9 Å². The number of aryl methyl sites for hydroxylation is 1. The number of hydrogen-bond donors (Lipinski definition) is 3. The number of carboxylic acid groups (broad SMARTS) is 1. The van der Waals surface area contributed by atoms with Crippen LogP contribution >= 0.6 is 0 Å². The molecule has 1 aromatic carbocycles. The first-order chi connectivity index (χ1) is 10.2. The van der Waals surface area contributed by atoms with Crippen LogP contribution in [0.5, 0.6) is 0 Å². The van der Waals surface area contributed by atoms with E-state index in [-0.39, 0.29) is 19.5 Å². The maximum atomic E-state index is 12.5. The fourth-order valence-electron chi connectivity index (χ4n) is 1.75. The number of aliphatic carboxylic acids is 1. The fraction of sp³-hybridized carbons (Fsp3) is 0.429. The van der Waals surface area contributed by atoms with Gasteiger partial charge in [0.25, 0.3) is 0 Å². The molecule has 5 nitrogen and oxygen atoms in total. The van der Waals surface area contributed by atoms with Crippen molar-refractivity contribution in [1.82, 2.24) is 10.6 Å². The van der Waals surface area contributed by atoms with Crippen molar-refractivity contribution < 1.29 is 27.9 Å². The highest BCUT2D eigenvalue weighted by atomic mass is 19.4. The molecule has 0 atom stereocenters. The molecule has 0 saturated heterocycles. The average Bonchev–Trinajstić information content (AvgIpc) is 2.41. The third kappa shape index (κ3) is 6.02. The van der Waals surface area contributed by atoms with Gasteiger partial charge >= 0.3 is 18.2 Å². The zero-order valence-electron chi connectivity index (χ0n) is 12.0. The Labute approximate surface area is 125 Å². The number of amides is 2. The Bertz CT molecular complexity index is 545. The third-order valence-corrected chi connectivity index (χ3v) is 2.96. The van der Waals surface area contributed by atoms with Crippen LogP contribution in [0.1, 0.15) is 29.5 Å². The van der Waals surface area contributed by atoms with Gasteiger partial charge in [0.05, 0.1) is 5.56 Å². The zero-order valence-corrected chi connectivity index (χ0v) is 12.0. The zero-order chi connectivity index (χ0) is 16.8. The molecule has 0 aliphatic carbocycles. The minimum absolute atomic E-state index is 0.0434. The molecule has 0 bridgehead atoms. The number of hydrogen-bond acceptors (Lipinski definition) is 2. The highest BCUT2D eigenvalue weighted by molar-refractivity contribution is 5.74. The van der Waals surface area contributed by atoms with E-state index >= 15 is 0 Å². The predicted octanol–water partition coefficient (Wildman–Crippen LogP) is 2.68. The van der Waals surface area contributed by atoms with E-state index in [0.717, 1.165) is 12.1 Å². The Morgan fingerprint density at radius 1 is 1.23 bits per heavy atom. The van der Waals surface area contributed by atoms with E-state index in [4.69, 9.17) is 5.11 Å². The molecule has 0 aliphatic rings. The quantitative estimate of drug-likeness (QED) is 0.706. The molecular formula is C14H17F3N2O3. The van der Waals surface area contributed by atoms with E-state index in [1.807, 2.05) is 0 Å². The van der Waals surface area contributed by atoms with E-state index in [1.165, 1.54) is 13.0 Å². The molecule has 2 amide bonds. The van der Waals surface area contributed by atoms with Crippen molar-refractivity contribution in [3.63, 3.8) is 0 Å². The second-order valence-corrected chi connectivity index (χ2v) is 4.75. The lowest BCUT2D eigenvalue weighted by Gasteiger charge is -2.12. The fourth-order valence-corrected chi connectivity index (χ4v) is 1.75. The van der Waals surface area contributed by atoms with Gasteiger partial charge in [0.2, 0.25) is 0 Å². The lowest BCUT2D eigenvalue weighted by molar-refractivity contribution is -0.138. The number of carbonyl (C=O) groups is 2. The standard InChI is InChI=1S/C14H17F3N2O3/c1-9-7-11(14(15,16)17)5-4-10(9)8-19-13(22)18-6-2-3-12(20)21/h4-5,7H,2-3,6,8H2,1H3,(H,20,21)(H2,18,19,22). The van der Waals surface area contributed by atoms with Gasteiger partial charge in [0, 0.05) is 19.5 Å². The van der Waals surface area contributed by atoms with Crippen LogP contribution in [-0.2, 0) is 17.5 Å². The van der Waals surface area contributed by atoms with Gasteiger partial charge in [-0.25, -0.2) is 4.79 Å². The first-order valence-electron chi connectivity index (χ1n) is 6.60. The molecular weight excluding hydrogens is 301 g/mol. The maximum Gasteiger partial charge on any atom is 0.416 e. The van der Waals surface area contributed by atoms with Crippen molar-refractivity contribution in [3.8, 4) is 0 Å². The van der Waals surface area contributed by atoms with E-state index in [2.05, 4.69) is 10.6 Å². The Balaban J connectivity index is 2.44. The van der Waals surface area contributed by atoms with Gasteiger partial charge in [-0.05, 0) is 36.6 Å². The first-order valence-corrected chi connectivity index (χ1v) is 6.60. The van der Waals surface area contributed by atoms with Crippen LogP contribution < -0.4 is 10.6 Å². The molecule has 1 aromatic rings. The molecule has 22 heavy (non-hydrogen) atoms. The van der Waals surface area contributed by atoms with E-state index in [0.29, 0.717) is 17.5 Å². The van der Waals surface area contributed by atoms with Crippen molar-refractivity contribution in [2.45, 2.75) is 32.5 Å². The Kier molecular flexibility index (Phi) is 6.21. The van der Waals surface area contributed by atoms with Crippen LogP contribution in [0.25, 0.3) is 0 Å². The van der Waals surface area contributed by atoms with Gasteiger partial charge in [-0.15, -0.1) is 0 Å². The summed E-state index contributed by atoms with van der Waals surface area (Å²) in [5, 5.41) is 13.4. The summed E-state index contributed by atoms with van der Waals surface area (Å²) in [7, 11) is 0. The van der Waals surface area contributed by atoms with Gasteiger partial charge in [-0.2, -0.15) is 13.2 Å². The summed E-state index contributed by atoms with van der Waals surface area (Å²) in [6.45, 7) is 1.84. The normalized spacial score (nSPS) is 11.1. The molecule has 0 aliphatic heterocycles. The lowest BCUT2D eigenvalue weighted by atomic mass is 10.0. The minimum Gasteiger partial charge on any atom is -0.481 e. The SMILES string of the molecule is Cc1cc(C(F)(F)F)ccc1CNC(=O)NCCCC(=O)O. The Hall–Kier alpha value is -2.25. The molecule has 0 saturated carbocycles. The van der Waals surface area contributed by atoms with Crippen LogP contribution in [0.15, 0.2) is 18.2 Å². The second kappa shape index (κ2) is 7.67. The van der Waals surface area contributed by atoms with Crippen molar-refractivity contribution in [2.75, 3.05) is 6.54 Å². The first kappa shape index (κ1) is 17.8. The summed E-state index contributed by atoms with van der Waals surface area (Å²) in [4.78, 5) is 21.7. The molecule has 122 valence electrons. The molecule has 0 radical (unpaired) electrons. The van der Waals surface area contributed by atoms with Gasteiger partial charge in [-0.1, -0.05) is 6.07 Å². The molecule has 0 heterocycles. The number of alkyl halides is 3. The largest absolute Gasteiger partial charge is 0.481 e. The van der Waals surface area contributed by atoms with E-state index in [1.54, 1.807) is 0 Å². The van der Waals surface area contributed by atoms with Crippen molar-refractivity contribution in [1.29, 1.82) is 0 Å². The summed E-state index contributed by atoms with van der Waals surface area (Å²) in [5.74, 6) is -0.942. The number of urea groups is 1. The van der Waals surface area contributed by atoms with Crippen LogP contribution in [0.3, 0.4) is 0 Å². The van der Waals surface area contributed by atoms with Crippen LogP contribution in [0.4, 0.5) is 18.0 Å². The maximum absolute atomic E-state index is 12.5. The van der Waals surface area contributed by atoms with Crippen molar-refractivity contribution in [2.24, 2.45) is 0 Å². The number of benzene rings is 1. The highest BCUT2D eigenvalue weighted by Gasteiger charge is 2.30. The summed E-state index contributed by atoms with van der Waals surface area (Å²) >= 11 is 0. The highest BCUT2D eigenvalue weighted by Crippen LogP contribution is 2.30. The van der Waals surface area contributed by atoms with Gasteiger partial charge < -0.3 is 15.7 Å². The number of halogens is 3. The topological polar surface area (TPSA) is 78.4 Å². The number of nitrogens with one attached hydrogen (secondary N) is 2. The Morgan fingerprint density at radius 3 is 2.45 bits per heavy atom. The molecule has 0 fully saturated rings. The van der Waals surface area contributed by atoms with Crippen molar-refractivity contribution >= 4 is 12.0 Å². The van der Waals surface area contributed by atoms with E-state index < -0.39 is 23.7 Å². The molecule has 0 spiro atoms. The summed E-state index contributed by atoms with van der Waals surface area (Å²) in [6.07, 6.45) is -4.13. The molecule has 0 aromatic heterocycles. The average molecular weight is 318 g/mol. The van der Waals surface area contributed by atoms with Gasteiger partial charge in [-0.3, -0.25) is 4.79 Å². The molecule has 1 rings (SSSR count). The monoisotopic (exact) mass is 318 g/mol. The number of rotatable bonds is 6. The minimum atomic E-state index is -4.39. The van der Waals surface area contributed by atoms with E-state index in [9.17, 15) is 22.8 Å². The third-order valence-electron chi connectivity index (χ3n) is 2.96. The van der Waals surface area contributed by atoms with Crippen LogP contribution in [0, 0.1) is 6.92 Å². The predicted molar refractivity (Wildman–Crippen MR) is 73.3 cm³/mol. The molecule has 3 N–H and O–H groups in total. The lowest BCUT2D eigenvalue weighted by Crippen LogP contribution is -2.35. The van der Waals surface area contributed by atoms with Crippen LogP contribution in [-0.4, -0.2) is 23.7 Å². The number of carboxylic acids is 1. The molecule has 0 unspecified atom stereocenters. The molecule has 8 heteroatoms. The number of carbonyl (C=O) groups excluding carboxylic acids is 1. The Morgan fingerprint density at radius 2 is 1.91 bits per heavy atom. The summed E-state index contributed by atoms with van der Waals surface area (Å²) in [5.41, 5.74) is 0.279. The smallest absolute Gasteiger partial charge is 0.416 e. The summed E-state index contributed by atoms with van der Waals surface area (Å²) in [6, 6.07) is 2.82.